The summed E-state index contributed by atoms with van der Waals surface area (Å²) in [6.07, 6.45) is 2.46. The van der Waals surface area contributed by atoms with Crippen molar-refractivity contribution in [1.29, 1.82) is 0 Å². The summed E-state index contributed by atoms with van der Waals surface area (Å²) in [5, 5.41) is 6.52. The number of carbonyl (C=O) groups excluding carboxylic acids is 1. The van der Waals surface area contributed by atoms with E-state index in [9.17, 15) is 4.79 Å². The van der Waals surface area contributed by atoms with Crippen LogP contribution in [0.3, 0.4) is 0 Å². The molecule has 3 heteroatoms. The second-order valence-corrected chi connectivity index (χ2v) is 3.13. The molecule has 2 aromatic rings. The van der Waals surface area contributed by atoms with Crippen molar-refractivity contribution in [3.8, 4) is 11.1 Å². The number of benzene rings is 1. The van der Waals surface area contributed by atoms with Crippen LogP contribution in [-0.4, -0.2) is 16.5 Å². The smallest absolute Gasteiger partial charge is 0.168 e. The first-order chi connectivity index (χ1) is 6.83. The van der Waals surface area contributed by atoms with Gasteiger partial charge in [0.1, 0.15) is 5.69 Å². The van der Waals surface area contributed by atoms with E-state index in [4.69, 9.17) is 0 Å². The topological polar surface area (TPSA) is 45.8 Å². The number of aryl methyl sites for hydroxylation is 1. The highest BCUT2D eigenvalue weighted by atomic mass is 16.1. The molecule has 1 aromatic carbocycles. The van der Waals surface area contributed by atoms with Crippen LogP contribution in [0.2, 0.25) is 0 Å². The third kappa shape index (κ3) is 1.33. The van der Waals surface area contributed by atoms with E-state index in [1.165, 1.54) is 0 Å². The van der Waals surface area contributed by atoms with Gasteiger partial charge in [0.05, 0.1) is 6.20 Å². The predicted octanol–water partition coefficient (Wildman–Crippen LogP) is 2.20. The highest BCUT2D eigenvalue weighted by Gasteiger charge is 2.07. The van der Waals surface area contributed by atoms with Crippen molar-refractivity contribution < 1.29 is 4.79 Å². The number of hydrogen-bond donors (Lipinski definition) is 1. The Balaban J connectivity index is 2.60. The molecule has 0 aliphatic rings. The average molecular weight is 186 g/mol. The fourth-order valence-corrected chi connectivity index (χ4v) is 1.48. The Hall–Kier alpha value is -1.90. The zero-order chi connectivity index (χ0) is 9.97. The van der Waals surface area contributed by atoms with Crippen molar-refractivity contribution in [2.24, 2.45) is 0 Å². The van der Waals surface area contributed by atoms with E-state index in [1.54, 1.807) is 6.20 Å². The molecule has 0 unspecified atom stereocenters. The summed E-state index contributed by atoms with van der Waals surface area (Å²) in [4.78, 5) is 10.7. The number of rotatable bonds is 2. The number of aromatic nitrogens is 2. The molecule has 0 spiro atoms. The van der Waals surface area contributed by atoms with E-state index >= 15 is 0 Å². The Kier molecular flexibility index (Phi) is 2.14. The van der Waals surface area contributed by atoms with Crippen LogP contribution in [0.25, 0.3) is 11.1 Å². The summed E-state index contributed by atoms with van der Waals surface area (Å²) in [7, 11) is 0. The molecule has 3 nitrogen and oxygen atoms in total. The number of hydrogen-bond acceptors (Lipinski definition) is 2. The van der Waals surface area contributed by atoms with Gasteiger partial charge in [0.25, 0.3) is 0 Å². The van der Waals surface area contributed by atoms with Gasteiger partial charge >= 0.3 is 0 Å². The molecular weight excluding hydrogens is 176 g/mol. The lowest BCUT2D eigenvalue weighted by molar-refractivity contribution is 0.111. The summed E-state index contributed by atoms with van der Waals surface area (Å²) in [5.74, 6) is 0. The normalized spacial score (nSPS) is 10.1. The van der Waals surface area contributed by atoms with Crippen molar-refractivity contribution in [3.63, 3.8) is 0 Å². The molecule has 0 amide bonds. The maximum Gasteiger partial charge on any atom is 0.168 e. The maximum absolute atomic E-state index is 10.7. The average Bonchev–Trinajstić information content (AvgIpc) is 2.66. The summed E-state index contributed by atoms with van der Waals surface area (Å²) in [6.45, 7) is 2.01. The number of aldehydes is 1. The van der Waals surface area contributed by atoms with Gasteiger partial charge in [-0.3, -0.25) is 9.89 Å². The minimum Gasteiger partial charge on any atom is -0.296 e. The minimum absolute atomic E-state index is 0.527. The zero-order valence-corrected chi connectivity index (χ0v) is 7.82. The first-order valence-corrected chi connectivity index (χ1v) is 4.37. The van der Waals surface area contributed by atoms with Crippen LogP contribution in [-0.2, 0) is 0 Å². The molecule has 1 heterocycles. The van der Waals surface area contributed by atoms with E-state index < -0.39 is 0 Å². The molecule has 70 valence electrons. The van der Waals surface area contributed by atoms with Crippen LogP contribution >= 0.6 is 0 Å². The summed E-state index contributed by atoms with van der Waals surface area (Å²) >= 11 is 0. The second kappa shape index (κ2) is 3.46. The Labute approximate surface area is 81.8 Å². The highest BCUT2D eigenvalue weighted by Crippen LogP contribution is 2.23. The molecule has 0 atom stereocenters. The van der Waals surface area contributed by atoms with Gasteiger partial charge in [0, 0.05) is 5.56 Å². The van der Waals surface area contributed by atoms with E-state index in [-0.39, 0.29) is 0 Å². The third-order valence-corrected chi connectivity index (χ3v) is 2.22. The van der Waals surface area contributed by atoms with Gasteiger partial charge in [-0.2, -0.15) is 5.10 Å². The molecular formula is C11H10N2O. The Morgan fingerprint density at radius 2 is 2.07 bits per heavy atom. The quantitative estimate of drug-likeness (QED) is 0.731. The summed E-state index contributed by atoms with van der Waals surface area (Å²) in [6, 6.07) is 7.91. The van der Waals surface area contributed by atoms with Crippen LogP contribution in [0.1, 0.15) is 16.1 Å². The largest absolute Gasteiger partial charge is 0.296 e. The van der Waals surface area contributed by atoms with Gasteiger partial charge in [0.15, 0.2) is 6.29 Å². The summed E-state index contributed by atoms with van der Waals surface area (Å²) < 4.78 is 0. The monoisotopic (exact) mass is 186 g/mol. The van der Waals surface area contributed by atoms with Crippen molar-refractivity contribution in [2.75, 3.05) is 0 Å². The van der Waals surface area contributed by atoms with E-state index in [1.807, 2.05) is 31.2 Å². The van der Waals surface area contributed by atoms with Crippen LogP contribution in [0.5, 0.6) is 0 Å². The molecule has 0 aliphatic heterocycles. The standard InChI is InChI=1S/C11H10N2O/c1-8-4-2-3-5-9(8)10-6-12-13-11(10)7-14/h2-7H,1H3,(H,12,13). The Morgan fingerprint density at radius 1 is 1.29 bits per heavy atom. The molecule has 0 aliphatic carbocycles. The molecule has 0 bridgehead atoms. The number of nitrogens with zero attached hydrogens (tertiary/aromatic N) is 1. The van der Waals surface area contributed by atoms with Gasteiger partial charge in [-0.25, -0.2) is 0 Å². The molecule has 1 N–H and O–H groups in total. The fraction of sp³-hybridized carbons (Fsp3) is 0.0909. The minimum atomic E-state index is 0.527. The van der Waals surface area contributed by atoms with Crippen molar-refractivity contribution in [2.45, 2.75) is 6.92 Å². The first kappa shape index (κ1) is 8.69. The van der Waals surface area contributed by atoms with Crippen LogP contribution < -0.4 is 0 Å². The SMILES string of the molecule is Cc1ccccc1-c1cn[nH]c1C=O. The molecule has 14 heavy (non-hydrogen) atoms. The zero-order valence-electron chi connectivity index (χ0n) is 7.82. The number of carbonyl (C=O) groups is 1. The molecule has 2 rings (SSSR count). The van der Waals surface area contributed by atoms with Crippen molar-refractivity contribution >= 4 is 6.29 Å². The van der Waals surface area contributed by atoms with Crippen LogP contribution in [0.15, 0.2) is 30.5 Å². The van der Waals surface area contributed by atoms with Gasteiger partial charge in [-0.15, -0.1) is 0 Å². The van der Waals surface area contributed by atoms with E-state index in [0.29, 0.717) is 5.69 Å². The maximum atomic E-state index is 10.7. The second-order valence-electron chi connectivity index (χ2n) is 3.13. The number of aromatic amines is 1. The van der Waals surface area contributed by atoms with Gasteiger partial charge < -0.3 is 0 Å². The Morgan fingerprint density at radius 3 is 2.79 bits per heavy atom. The first-order valence-electron chi connectivity index (χ1n) is 4.37. The van der Waals surface area contributed by atoms with Crippen molar-refractivity contribution in [3.05, 3.63) is 41.7 Å². The molecule has 0 fully saturated rings. The van der Waals surface area contributed by atoms with Gasteiger partial charge in [0.2, 0.25) is 0 Å². The van der Waals surface area contributed by atoms with Crippen LogP contribution in [0, 0.1) is 6.92 Å². The fourth-order valence-electron chi connectivity index (χ4n) is 1.48. The lowest BCUT2D eigenvalue weighted by atomic mass is 10.0. The van der Waals surface area contributed by atoms with Gasteiger partial charge in [-0.1, -0.05) is 24.3 Å². The predicted molar refractivity (Wildman–Crippen MR) is 54.1 cm³/mol. The van der Waals surface area contributed by atoms with E-state index in [0.717, 1.165) is 23.0 Å². The number of H-pyrrole nitrogens is 1. The van der Waals surface area contributed by atoms with Gasteiger partial charge in [-0.05, 0) is 18.1 Å². The van der Waals surface area contributed by atoms with Crippen LogP contribution in [0.4, 0.5) is 0 Å². The highest BCUT2D eigenvalue weighted by molar-refractivity contribution is 5.85. The third-order valence-electron chi connectivity index (χ3n) is 2.22. The lowest BCUT2D eigenvalue weighted by Gasteiger charge is -2.02. The molecule has 0 radical (unpaired) electrons. The van der Waals surface area contributed by atoms with E-state index in [2.05, 4.69) is 10.2 Å². The van der Waals surface area contributed by atoms with Crippen molar-refractivity contribution in [1.82, 2.24) is 10.2 Å². The summed E-state index contributed by atoms with van der Waals surface area (Å²) in [5.41, 5.74) is 3.57. The molecule has 0 saturated carbocycles. The Bertz CT molecular complexity index is 460. The number of nitrogens with one attached hydrogen (secondary N) is 1. The molecule has 0 saturated heterocycles. The molecule has 1 aromatic heterocycles. The lowest BCUT2D eigenvalue weighted by Crippen LogP contribution is -1.86.